The van der Waals surface area contributed by atoms with E-state index in [4.69, 9.17) is 15.4 Å². The van der Waals surface area contributed by atoms with E-state index in [-0.39, 0.29) is 4.90 Å². The molecule has 1 aromatic carbocycles. The van der Waals surface area contributed by atoms with Crippen molar-refractivity contribution in [2.45, 2.75) is 18.7 Å². The highest BCUT2D eigenvalue weighted by Gasteiger charge is 2.17. The standard InChI is InChI=1S/C11H13ClO3S/c1-4-7-15-11-8(2)5-6-10(9(11)3)16(12,13)14/h4-6H,1,7H2,2-3H3. The Labute approximate surface area is 100 Å². The molecule has 5 heteroatoms. The summed E-state index contributed by atoms with van der Waals surface area (Å²) < 4.78 is 28.0. The molecule has 16 heavy (non-hydrogen) atoms. The van der Waals surface area contributed by atoms with Crippen LogP contribution in [0.3, 0.4) is 0 Å². The van der Waals surface area contributed by atoms with Gasteiger partial charge in [0, 0.05) is 16.2 Å². The quantitative estimate of drug-likeness (QED) is 0.618. The summed E-state index contributed by atoms with van der Waals surface area (Å²) in [4.78, 5) is 0.0822. The van der Waals surface area contributed by atoms with Crippen LogP contribution in [0.25, 0.3) is 0 Å². The summed E-state index contributed by atoms with van der Waals surface area (Å²) in [5.41, 5.74) is 1.39. The van der Waals surface area contributed by atoms with Gasteiger partial charge in [-0.1, -0.05) is 18.7 Å². The summed E-state index contributed by atoms with van der Waals surface area (Å²) in [7, 11) is 1.59. The highest BCUT2D eigenvalue weighted by Crippen LogP contribution is 2.30. The second kappa shape index (κ2) is 4.89. The molecule has 0 heterocycles. The van der Waals surface area contributed by atoms with Gasteiger partial charge in [-0.05, 0) is 25.5 Å². The monoisotopic (exact) mass is 260 g/mol. The maximum absolute atomic E-state index is 11.3. The smallest absolute Gasteiger partial charge is 0.261 e. The molecule has 0 saturated heterocycles. The minimum absolute atomic E-state index is 0.0822. The molecule has 0 unspecified atom stereocenters. The SMILES string of the molecule is C=CCOc1c(C)ccc(S(=O)(=O)Cl)c1C. The van der Waals surface area contributed by atoms with Gasteiger partial charge >= 0.3 is 0 Å². The topological polar surface area (TPSA) is 43.4 Å². The Balaban J connectivity index is 3.32. The van der Waals surface area contributed by atoms with Crippen LogP contribution >= 0.6 is 10.7 Å². The van der Waals surface area contributed by atoms with Gasteiger partial charge in [-0.25, -0.2) is 8.42 Å². The Morgan fingerprint density at radius 3 is 2.56 bits per heavy atom. The van der Waals surface area contributed by atoms with Gasteiger partial charge in [0.1, 0.15) is 12.4 Å². The zero-order valence-electron chi connectivity index (χ0n) is 9.16. The third kappa shape index (κ3) is 2.77. The van der Waals surface area contributed by atoms with Crippen LogP contribution < -0.4 is 4.74 Å². The van der Waals surface area contributed by atoms with E-state index in [1.165, 1.54) is 6.07 Å². The van der Waals surface area contributed by atoms with E-state index < -0.39 is 9.05 Å². The first-order chi connectivity index (χ1) is 7.38. The molecule has 0 radical (unpaired) electrons. The molecule has 1 rings (SSSR count). The first-order valence-electron chi connectivity index (χ1n) is 4.66. The highest BCUT2D eigenvalue weighted by atomic mass is 35.7. The van der Waals surface area contributed by atoms with Crippen molar-refractivity contribution in [2.24, 2.45) is 0 Å². The number of hydrogen-bond acceptors (Lipinski definition) is 3. The molecule has 0 aliphatic carbocycles. The molecule has 0 aromatic heterocycles. The molecular formula is C11H13ClO3S. The van der Waals surface area contributed by atoms with Crippen molar-refractivity contribution in [1.29, 1.82) is 0 Å². The van der Waals surface area contributed by atoms with Crippen LogP contribution in [0.1, 0.15) is 11.1 Å². The van der Waals surface area contributed by atoms with E-state index in [0.29, 0.717) is 17.9 Å². The second-order valence-electron chi connectivity index (χ2n) is 3.37. The summed E-state index contributed by atoms with van der Waals surface area (Å²) in [5, 5.41) is 0. The molecule has 0 amide bonds. The molecule has 0 aliphatic rings. The molecule has 0 N–H and O–H groups in total. The van der Waals surface area contributed by atoms with Crippen molar-refractivity contribution in [3.05, 3.63) is 35.9 Å². The maximum atomic E-state index is 11.3. The number of benzene rings is 1. The van der Waals surface area contributed by atoms with Crippen molar-refractivity contribution in [1.82, 2.24) is 0 Å². The minimum atomic E-state index is -3.73. The van der Waals surface area contributed by atoms with Crippen molar-refractivity contribution < 1.29 is 13.2 Å². The summed E-state index contributed by atoms with van der Waals surface area (Å²) >= 11 is 0. The van der Waals surface area contributed by atoms with E-state index in [0.717, 1.165) is 5.56 Å². The fourth-order valence-electron chi connectivity index (χ4n) is 1.44. The molecule has 0 fully saturated rings. The van der Waals surface area contributed by atoms with Gasteiger partial charge in [-0.15, -0.1) is 0 Å². The van der Waals surface area contributed by atoms with Gasteiger partial charge < -0.3 is 4.74 Å². The zero-order chi connectivity index (χ0) is 12.3. The Morgan fingerprint density at radius 2 is 2.06 bits per heavy atom. The summed E-state index contributed by atoms with van der Waals surface area (Å²) in [6.07, 6.45) is 1.60. The fraction of sp³-hybridized carbons (Fsp3) is 0.273. The van der Waals surface area contributed by atoms with Crippen LogP contribution in [0.4, 0.5) is 0 Å². The fourth-order valence-corrected chi connectivity index (χ4v) is 2.63. The van der Waals surface area contributed by atoms with Crippen LogP contribution in [-0.2, 0) is 9.05 Å². The van der Waals surface area contributed by atoms with E-state index in [1.54, 1.807) is 19.1 Å². The average Bonchev–Trinajstić information content (AvgIpc) is 2.15. The van der Waals surface area contributed by atoms with Crippen LogP contribution in [0, 0.1) is 13.8 Å². The van der Waals surface area contributed by atoms with Crippen LogP contribution in [0.2, 0.25) is 0 Å². The normalized spacial score (nSPS) is 11.2. The number of hydrogen-bond donors (Lipinski definition) is 0. The van der Waals surface area contributed by atoms with Gasteiger partial charge in [-0.2, -0.15) is 0 Å². The van der Waals surface area contributed by atoms with Gasteiger partial charge in [-0.3, -0.25) is 0 Å². The molecule has 88 valence electrons. The first-order valence-corrected chi connectivity index (χ1v) is 6.97. The molecule has 0 atom stereocenters. The van der Waals surface area contributed by atoms with Crippen LogP contribution in [0.5, 0.6) is 5.75 Å². The molecule has 1 aromatic rings. The number of rotatable bonds is 4. The lowest BCUT2D eigenvalue weighted by molar-refractivity contribution is 0.356. The lowest BCUT2D eigenvalue weighted by Crippen LogP contribution is -2.02. The molecule has 3 nitrogen and oxygen atoms in total. The Hall–Kier alpha value is -1.00. The van der Waals surface area contributed by atoms with E-state index in [9.17, 15) is 8.42 Å². The molecule has 0 bridgehead atoms. The maximum Gasteiger partial charge on any atom is 0.261 e. The third-order valence-corrected chi connectivity index (χ3v) is 3.63. The van der Waals surface area contributed by atoms with E-state index in [1.807, 2.05) is 6.92 Å². The largest absolute Gasteiger partial charge is 0.489 e. The average molecular weight is 261 g/mol. The lowest BCUT2D eigenvalue weighted by atomic mass is 10.1. The zero-order valence-corrected chi connectivity index (χ0v) is 10.7. The summed E-state index contributed by atoms with van der Waals surface area (Å²) in [6, 6.07) is 3.15. The third-order valence-electron chi connectivity index (χ3n) is 2.16. The van der Waals surface area contributed by atoms with Crippen molar-refractivity contribution in [2.75, 3.05) is 6.61 Å². The molecule has 0 aliphatic heterocycles. The predicted octanol–water partition coefficient (Wildman–Crippen LogP) is 2.80. The van der Waals surface area contributed by atoms with Crippen LogP contribution in [0.15, 0.2) is 29.7 Å². The van der Waals surface area contributed by atoms with Crippen molar-refractivity contribution >= 4 is 19.7 Å². The second-order valence-corrected chi connectivity index (χ2v) is 5.91. The number of halogens is 1. The minimum Gasteiger partial charge on any atom is -0.489 e. The van der Waals surface area contributed by atoms with E-state index >= 15 is 0 Å². The number of ether oxygens (including phenoxy) is 1. The highest BCUT2D eigenvalue weighted by molar-refractivity contribution is 8.13. The van der Waals surface area contributed by atoms with Crippen LogP contribution in [-0.4, -0.2) is 15.0 Å². The van der Waals surface area contributed by atoms with E-state index in [2.05, 4.69) is 6.58 Å². The van der Waals surface area contributed by atoms with Gasteiger partial charge in [0.05, 0.1) is 4.90 Å². The predicted molar refractivity (Wildman–Crippen MR) is 64.6 cm³/mol. The Kier molecular flexibility index (Phi) is 3.99. The Bertz CT molecular complexity index is 506. The molecular weight excluding hydrogens is 248 g/mol. The number of aryl methyl sites for hydroxylation is 1. The first kappa shape index (κ1) is 13.1. The molecule has 0 saturated carbocycles. The Morgan fingerprint density at radius 1 is 1.44 bits per heavy atom. The van der Waals surface area contributed by atoms with Gasteiger partial charge in [0.25, 0.3) is 9.05 Å². The lowest BCUT2D eigenvalue weighted by Gasteiger charge is -2.12. The van der Waals surface area contributed by atoms with Gasteiger partial charge in [0.15, 0.2) is 0 Å². The molecule has 0 spiro atoms. The summed E-state index contributed by atoms with van der Waals surface area (Å²) in [5.74, 6) is 0.543. The summed E-state index contributed by atoms with van der Waals surface area (Å²) in [6.45, 7) is 7.37. The van der Waals surface area contributed by atoms with Gasteiger partial charge in [0.2, 0.25) is 0 Å². The van der Waals surface area contributed by atoms with Crippen molar-refractivity contribution in [3.8, 4) is 5.75 Å². The van der Waals surface area contributed by atoms with Crippen molar-refractivity contribution in [3.63, 3.8) is 0 Å².